The number of esters is 1. The van der Waals surface area contributed by atoms with Crippen LogP contribution in [0.25, 0.3) is 0 Å². The quantitative estimate of drug-likeness (QED) is 0.553. The van der Waals surface area contributed by atoms with E-state index < -0.39 is 30.4 Å². The fourth-order valence-corrected chi connectivity index (χ4v) is 2.05. The number of hydrogen-bond donors (Lipinski definition) is 2. The zero-order valence-electron chi connectivity index (χ0n) is 13.7. The summed E-state index contributed by atoms with van der Waals surface area (Å²) in [7, 11) is 0. The molecular weight excluding hydrogens is 332 g/mol. The van der Waals surface area contributed by atoms with Crippen LogP contribution >= 0.6 is 11.6 Å². The van der Waals surface area contributed by atoms with Crippen molar-refractivity contribution in [3.8, 4) is 0 Å². The molecule has 0 heterocycles. The Morgan fingerprint density at radius 1 is 1.29 bits per heavy atom. The van der Waals surface area contributed by atoms with E-state index >= 15 is 0 Å². The van der Waals surface area contributed by atoms with Gasteiger partial charge >= 0.3 is 5.97 Å². The van der Waals surface area contributed by atoms with Gasteiger partial charge in [-0.25, -0.2) is 4.79 Å². The zero-order valence-corrected chi connectivity index (χ0v) is 14.4. The van der Waals surface area contributed by atoms with Crippen molar-refractivity contribution in [3.63, 3.8) is 0 Å². The first-order chi connectivity index (χ1) is 11.4. The van der Waals surface area contributed by atoms with Crippen molar-refractivity contribution in [1.82, 2.24) is 10.6 Å². The van der Waals surface area contributed by atoms with Gasteiger partial charge < -0.3 is 15.4 Å². The van der Waals surface area contributed by atoms with Crippen LogP contribution in [0.15, 0.2) is 36.9 Å². The van der Waals surface area contributed by atoms with Gasteiger partial charge in [0.15, 0.2) is 6.61 Å². The average molecular weight is 353 g/mol. The predicted molar refractivity (Wildman–Crippen MR) is 91.7 cm³/mol. The second-order valence-corrected chi connectivity index (χ2v) is 5.78. The van der Waals surface area contributed by atoms with E-state index in [4.69, 9.17) is 16.3 Å². The van der Waals surface area contributed by atoms with Crippen molar-refractivity contribution < 1.29 is 19.1 Å². The van der Waals surface area contributed by atoms with Crippen molar-refractivity contribution in [2.24, 2.45) is 5.92 Å². The number of ether oxygens (including phenoxy) is 1. The number of benzene rings is 1. The number of amides is 2. The van der Waals surface area contributed by atoms with Gasteiger partial charge in [0.1, 0.15) is 6.04 Å². The Labute approximate surface area is 146 Å². The first-order valence-corrected chi connectivity index (χ1v) is 7.84. The molecule has 0 aliphatic rings. The van der Waals surface area contributed by atoms with Gasteiger partial charge in [-0.15, -0.1) is 6.58 Å². The van der Waals surface area contributed by atoms with Crippen molar-refractivity contribution in [3.05, 3.63) is 47.5 Å². The van der Waals surface area contributed by atoms with E-state index in [1.807, 2.05) is 0 Å². The monoisotopic (exact) mass is 352 g/mol. The van der Waals surface area contributed by atoms with Gasteiger partial charge in [-0.05, 0) is 18.1 Å². The molecule has 6 nitrogen and oxygen atoms in total. The third-order valence-electron chi connectivity index (χ3n) is 3.11. The van der Waals surface area contributed by atoms with Crippen LogP contribution in [0.4, 0.5) is 0 Å². The largest absolute Gasteiger partial charge is 0.454 e. The highest BCUT2D eigenvalue weighted by Crippen LogP contribution is 2.15. The molecule has 130 valence electrons. The molecule has 0 bridgehead atoms. The highest BCUT2D eigenvalue weighted by molar-refractivity contribution is 6.33. The highest BCUT2D eigenvalue weighted by Gasteiger charge is 2.27. The maximum absolute atomic E-state index is 12.3. The smallest absolute Gasteiger partial charge is 0.329 e. The number of carbonyl (C=O) groups excluding carboxylic acids is 3. The molecule has 1 aromatic carbocycles. The molecule has 1 aromatic rings. The Morgan fingerprint density at radius 2 is 1.96 bits per heavy atom. The molecule has 0 radical (unpaired) electrons. The van der Waals surface area contributed by atoms with Gasteiger partial charge in [0.25, 0.3) is 11.8 Å². The fourth-order valence-electron chi connectivity index (χ4n) is 1.83. The van der Waals surface area contributed by atoms with Crippen LogP contribution in [-0.2, 0) is 14.3 Å². The minimum absolute atomic E-state index is 0.222. The number of halogens is 1. The first-order valence-electron chi connectivity index (χ1n) is 7.46. The summed E-state index contributed by atoms with van der Waals surface area (Å²) in [4.78, 5) is 35.9. The van der Waals surface area contributed by atoms with Crippen LogP contribution < -0.4 is 10.6 Å². The Morgan fingerprint density at radius 3 is 2.54 bits per heavy atom. The summed E-state index contributed by atoms with van der Waals surface area (Å²) >= 11 is 5.97. The van der Waals surface area contributed by atoms with Crippen molar-refractivity contribution in [2.75, 3.05) is 13.2 Å². The van der Waals surface area contributed by atoms with E-state index in [-0.39, 0.29) is 23.0 Å². The molecule has 0 aliphatic heterocycles. The third-order valence-corrected chi connectivity index (χ3v) is 3.44. The number of hydrogen-bond acceptors (Lipinski definition) is 4. The Hall–Kier alpha value is -2.34. The molecule has 0 spiro atoms. The summed E-state index contributed by atoms with van der Waals surface area (Å²) in [5, 5.41) is 5.37. The van der Waals surface area contributed by atoms with Gasteiger partial charge in [0.2, 0.25) is 0 Å². The summed E-state index contributed by atoms with van der Waals surface area (Å²) in [5.41, 5.74) is 0.265. The van der Waals surface area contributed by atoms with E-state index in [2.05, 4.69) is 17.2 Å². The standard InChI is InChI=1S/C17H21ClN2O4/c1-4-9-19-14(21)10-24-17(23)15(11(2)3)20-16(22)12-7-5-6-8-13(12)18/h4-8,11,15H,1,9-10H2,2-3H3,(H,19,21)(H,20,22)/t15-/m0/s1. The normalized spacial score (nSPS) is 11.5. The lowest BCUT2D eigenvalue weighted by Crippen LogP contribution is -2.46. The number of nitrogens with one attached hydrogen (secondary N) is 2. The lowest BCUT2D eigenvalue weighted by atomic mass is 10.0. The Kier molecular flexibility index (Phi) is 7.98. The van der Waals surface area contributed by atoms with Gasteiger partial charge in [-0.1, -0.05) is 43.7 Å². The minimum atomic E-state index is -0.888. The maximum Gasteiger partial charge on any atom is 0.329 e. The summed E-state index contributed by atoms with van der Waals surface area (Å²) in [6.07, 6.45) is 1.51. The summed E-state index contributed by atoms with van der Waals surface area (Å²) in [6.45, 7) is 6.85. The minimum Gasteiger partial charge on any atom is -0.454 e. The Balaban J connectivity index is 2.68. The van der Waals surface area contributed by atoms with Crippen LogP contribution in [0.5, 0.6) is 0 Å². The van der Waals surface area contributed by atoms with Crippen LogP contribution in [0.2, 0.25) is 5.02 Å². The van der Waals surface area contributed by atoms with Gasteiger partial charge in [-0.3, -0.25) is 9.59 Å². The van der Waals surface area contributed by atoms with Crippen LogP contribution in [-0.4, -0.2) is 37.0 Å². The first kappa shape index (κ1) is 19.7. The topological polar surface area (TPSA) is 84.5 Å². The molecule has 1 atom stereocenters. The van der Waals surface area contributed by atoms with Crippen LogP contribution in [0.1, 0.15) is 24.2 Å². The molecule has 0 unspecified atom stereocenters. The van der Waals surface area contributed by atoms with Crippen molar-refractivity contribution in [1.29, 1.82) is 0 Å². The van der Waals surface area contributed by atoms with E-state index in [1.54, 1.807) is 38.1 Å². The van der Waals surface area contributed by atoms with E-state index in [0.717, 1.165) is 0 Å². The molecule has 0 saturated carbocycles. The van der Waals surface area contributed by atoms with E-state index in [9.17, 15) is 14.4 Å². The zero-order chi connectivity index (χ0) is 18.1. The molecule has 0 fully saturated rings. The van der Waals surface area contributed by atoms with Crippen molar-refractivity contribution in [2.45, 2.75) is 19.9 Å². The van der Waals surface area contributed by atoms with Gasteiger partial charge in [0, 0.05) is 6.54 Å². The third kappa shape index (κ3) is 6.04. The maximum atomic E-state index is 12.3. The van der Waals surface area contributed by atoms with Gasteiger partial charge in [-0.2, -0.15) is 0 Å². The highest BCUT2D eigenvalue weighted by atomic mass is 35.5. The predicted octanol–water partition coefficient (Wildman–Crippen LogP) is 1.94. The average Bonchev–Trinajstić information content (AvgIpc) is 2.55. The molecule has 24 heavy (non-hydrogen) atoms. The fraction of sp³-hybridized carbons (Fsp3) is 0.353. The molecule has 7 heteroatoms. The molecule has 2 amide bonds. The van der Waals surface area contributed by atoms with Crippen LogP contribution in [0, 0.1) is 5.92 Å². The molecule has 2 N–H and O–H groups in total. The summed E-state index contributed by atoms with van der Waals surface area (Å²) < 4.78 is 4.96. The molecule has 0 saturated heterocycles. The van der Waals surface area contributed by atoms with Gasteiger partial charge in [0.05, 0.1) is 10.6 Å². The number of carbonyl (C=O) groups is 3. The van der Waals surface area contributed by atoms with Crippen molar-refractivity contribution >= 4 is 29.4 Å². The summed E-state index contributed by atoms with van der Waals surface area (Å²) in [6, 6.07) is 5.63. The second kappa shape index (κ2) is 9.72. The molecular formula is C17H21ClN2O4. The van der Waals surface area contributed by atoms with E-state index in [0.29, 0.717) is 0 Å². The molecule has 0 aromatic heterocycles. The van der Waals surface area contributed by atoms with E-state index in [1.165, 1.54) is 6.08 Å². The SMILES string of the molecule is C=CCNC(=O)COC(=O)[C@@H](NC(=O)c1ccccc1Cl)C(C)C. The second-order valence-electron chi connectivity index (χ2n) is 5.38. The number of rotatable bonds is 8. The molecule has 1 rings (SSSR count). The van der Waals surface area contributed by atoms with Crippen LogP contribution in [0.3, 0.4) is 0 Å². The lowest BCUT2D eigenvalue weighted by molar-refractivity contribution is -0.151. The Bertz CT molecular complexity index is 616. The lowest BCUT2D eigenvalue weighted by Gasteiger charge is -2.21. The molecule has 0 aliphatic carbocycles. The summed E-state index contributed by atoms with van der Waals surface area (Å²) in [5.74, 6) is -1.82.